The smallest absolute Gasteiger partial charge is 0.257 e. The molecule has 7 heteroatoms. The molecule has 0 spiro atoms. The van der Waals surface area contributed by atoms with Gasteiger partial charge in [0.1, 0.15) is 5.82 Å². The fourth-order valence-corrected chi connectivity index (χ4v) is 2.68. The summed E-state index contributed by atoms with van der Waals surface area (Å²) in [6.07, 6.45) is 3.45. The van der Waals surface area contributed by atoms with Crippen LogP contribution in [0.1, 0.15) is 17.3 Å². The second-order valence-electron chi connectivity index (χ2n) is 5.76. The van der Waals surface area contributed by atoms with Crippen molar-refractivity contribution in [3.63, 3.8) is 0 Å². The van der Waals surface area contributed by atoms with Gasteiger partial charge in [0.2, 0.25) is 0 Å². The highest BCUT2D eigenvalue weighted by atomic mass is 32.2. The Kier molecular flexibility index (Phi) is 7.98. The van der Waals surface area contributed by atoms with Gasteiger partial charge < -0.3 is 16.8 Å². The Balaban J connectivity index is 0.000000878. The quantitative estimate of drug-likeness (QED) is 0.447. The number of nitrogens with two attached hydrogens (primary N) is 2. The molecule has 146 valence electrons. The van der Waals surface area contributed by atoms with Crippen LogP contribution in [0, 0.1) is 5.82 Å². The summed E-state index contributed by atoms with van der Waals surface area (Å²) in [7, 11) is 0. The van der Waals surface area contributed by atoms with Gasteiger partial charge in [-0.05, 0) is 60.3 Å². The van der Waals surface area contributed by atoms with Crippen molar-refractivity contribution in [3.05, 3.63) is 72.2 Å². The SMILES string of the molecule is CCN.CSc1ccc(C(=O)Nc2cc(-c3ccc(F)cc3)ccc2N)cn1. The van der Waals surface area contributed by atoms with Gasteiger partial charge in [-0.15, -0.1) is 11.8 Å². The van der Waals surface area contributed by atoms with Crippen molar-refractivity contribution in [2.75, 3.05) is 23.9 Å². The number of anilines is 2. The number of amides is 1. The van der Waals surface area contributed by atoms with Crippen molar-refractivity contribution in [1.29, 1.82) is 0 Å². The number of nitrogens with zero attached hydrogens (tertiary/aromatic N) is 1. The predicted octanol–water partition coefficient (Wildman–Crippen LogP) is 4.41. The molecule has 0 radical (unpaired) electrons. The molecule has 3 rings (SSSR count). The van der Waals surface area contributed by atoms with Crippen LogP contribution in [0.15, 0.2) is 65.8 Å². The molecule has 0 bridgehead atoms. The maximum Gasteiger partial charge on any atom is 0.257 e. The summed E-state index contributed by atoms with van der Waals surface area (Å²) < 4.78 is 13.1. The lowest BCUT2D eigenvalue weighted by Gasteiger charge is -2.11. The van der Waals surface area contributed by atoms with E-state index in [1.807, 2.05) is 19.2 Å². The summed E-state index contributed by atoms with van der Waals surface area (Å²) in [5.74, 6) is -0.586. The highest BCUT2D eigenvalue weighted by Crippen LogP contribution is 2.28. The van der Waals surface area contributed by atoms with Gasteiger partial charge in [0, 0.05) is 6.20 Å². The van der Waals surface area contributed by atoms with E-state index in [0.29, 0.717) is 16.9 Å². The standard InChI is InChI=1S/C19H16FN3OS.C2H7N/c1-25-18-9-5-14(11-22-18)19(24)23-17-10-13(4-8-16(17)21)12-2-6-15(20)7-3-12;1-2-3/h2-11H,21H2,1H3,(H,23,24);2-3H2,1H3. The molecule has 0 aliphatic carbocycles. The molecule has 1 heterocycles. The van der Waals surface area contributed by atoms with E-state index in [9.17, 15) is 9.18 Å². The van der Waals surface area contributed by atoms with Gasteiger partial charge in [0.25, 0.3) is 5.91 Å². The molecule has 0 aliphatic heterocycles. The molecule has 0 atom stereocenters. The minimum absolute atomic E-state index is 0.289. The van der Waals surface area contributed by atoms with E-state index in [1.54, 1.807) is 36.4 Å². The summed E-state index contributed by atoms with van der Waals surface area (Å²) in [4.78, 5) is 16.6. The van der Waals surface area contributed by atoms with Crippen LogP contribution >= 0.6 is 11.8 Å². The van der Waals surface area contributed by atoms with E-state index in [1.165, 1.54) is 30.1 Å². The number of rotatable bonds is 4. The van der Waals surface area contributed by atoms with Crippen LogP contribution in [-0.2, 0) is 0 Å². The highest BCUT2D eigenvalue weighted by molar-refractivity contribution is 7.98. The van der Waals surface area contributed by atoms with Crippen LogP contribution in [0.4, 0.5) is 15.8 Å². The van der Waals surface area contributed by atoms with Gasteiger partial charge in [-0.1, -0.05) is 25.1 Å². The van der Waals surface area contributed by atoms with Gasteiger partial charge in [-0.2, -0.15) is 0 Å². The zero-order chi connectivity index (χ0) is 20.5. The lowest BCUT2D eigenvalue weighted by atomic mass is 10.0. The second-order valence-corrected chi connectivity index (χ2v) is 6.59. The summed E-state index contributed by atoms with van der Waals surface area (Å²) in [6, 6.07) is 15.0. The number of pyridine rings is 1. The summed E-state index contributed by atoms with van der Waals surface area (Å²) in [5, 5.41) is 3.64. The number of carbonyl (C=O) groups excluding carboxylic acids is 1. The number of halogens is 1. The first kappa shape index (κ1) is 21.4. The monoisotopic (exact) mass is 398 g/mol. The molecule has 1 aromatic heterocycles. The van der Waals surface area contributed by atoms with Crippen LogP contribution in [0.2, 0.25) is 0 Å². The number of hydrogen-bond acceptors (Lipinski definition) is 5. The molecule has 0 fully saturated rings. The molecule has 0 aliphatic rings. The van der Waals surface area contributed by atoms with Crippen LogP contribution in [-0.4, -0.2) is 23.7 Å². The van der Waals surface area contributed by atoms with Crippen LogP contribution in [0.5, 0.6) is 0 Å². The molecule has 0 saturated heterocycles. The first-order valence-corrected chi connectivity index (χ1v) is 9.87. The largest absolute Gasteiger partial charge is 0.397 e. The Hall–Kier alpha value is -2.90. The first-order valence-electron chi connectivity index (χ1n) is 8.65. The molecule has 3 aromatic rings. The van der Waals surface area contributed by atoms with Gasteiger partial charge >= 0.3 is 0 Å². The molecular weight excluding hydrogens is 375 g/mol. The molecule has 5 N–H and O–H groups in total. The van der Waals surface area contributed by atoms with Crippen molar-refractivity contribution in [2.24, 2.45) is 5.73 Å². The van der Waals surface area contributed by atoms with Crippen molar-refractivity contribution in [2.45, 2.75) is 11.9 Å². The molecule has 28 heavy (non-hydrogen) atoms. The van der Waals surface area contributed by atoms with Gasteiger partial charge in [-0.3, -0.25) is 4.79 Å². The lowest BCUT2D eigenvalue weighted by molar-refractivity contribution is 0.102. The normalized spacial score (nSPS) is 10.0. The summed E-state index contributed by atoms with van der Waals surface area (Å²) >= 11 is 1.51. The minimum Gasteiger partial charge on any atom is -0.397 e. The number of aromatic nitrogens is 1. The van der Waals surface area contributed by atoms with E-state index in [0.717, 1.165) is 22.7 Å². The number of hydrogen-bond donors (Lipinski definition) is 3. The minimum atomic E-state index is -0.297. The molecular formula is C21H23FN4OS. The summed E-state index contributed by atoms with van der Waals surface area (Å²) in [5.41, 5.74) is 13.9. The average Bonchev–Trinajstić information content (AvgIpc) is 2.71. The Morgan fingerprint density at radius 1 is 1.11 bits per heavy atom. The topological polar surface area (TPSA) is 94.0 Å². The number of benzene rings is 2. The maximum atomic E-state index is 13.1. The second kappa shape index (κ2) is 10.4. The Bertz CT molecular complexity index is 915. The molecule has 5 nitrogen and oxygen atoms in total. The Morgan fingerprint density at radius 2 is 1.75 bits per heavy atom. The summed E-state index contributed by atoms with van der Waals surface area (Å²) in [6.45, 7) is 2.65. The zero-order valence-electron chi connectivity index (χ0n) is 15.8. The van der Waals surface area contributed by atoms with E-state index in [4.69, 9.17) is 11.5 Å². The van der Waals surface area contributed by atoms with Crippen LogP contribution in [0.25, 0.3) is 11.1 Å². The van der Waals surface area contributed by atoms with Crippen molar-refractivity contribution in [1.82, 2.24) is 4.98 Å². The third kappa shape index (κ3) is 5.80. The lowest BCUT2D eigenvalue weighted by Crippen LogP contribution is -2.13. The fraction of sp³-hybridized carbons (Fsp3) is 0.143. The predicted molar refractivity (Wildman–Crippen MR) is 115 cm³/mol. The van der Waals surface area contributed by atoms with Crippen molar-refractivity contribution in [3.8, 4) is 11.1 Å². The van der Waals surface area contributed by atoms with E-state index >= 15 is 0 Å². The molecule has 2 aromatic carbocycles. The molecule has 0 saturated carbocycles. The first-order chi connectivity index (χ1) is 13.5. The van der Waals surface area contributed by atoms with E-state index in [2.05, 4.69) is 10.3 Å². The number of nitrogens with one attached hydrogen (secondary N) is 1. The van der Waals surface area contributed by atoms with Crippen molar-refractivity contribution >= 4 is 29.0 Å². The van der Waals surface area contributed by atoms with E-state index in [-0.39, 0.29) is 11.7 Å². The van der Waals surface area contributed by atoms with Gasteiger partial charge in [0.05, 0.1) is 22.0 Å². The third-order valence-electron chi connectivity index (χ3n) is 3.69. The number of thioether (sulfide) groups is 1. The van der Waals surface area contributed by atoms with Crippen LogP contribution < -0.4 is 16.8 Å². The number of nitrogen functional groups attached to an aromatic ring is 1. The molecule has 1 amide bonds. The third-order valence-corrected chi connectivity index (χ3v) is 4.35. The number of carbonyl (C=O) groups is 1. The fourth-order valence-electron chi connectivity index (χ4n) is 2.32. The molecule has 0 unspecified atom stereocenters. The van der Waals surface area contributed by atoms with Gasteiger partial charge in [-0.25, -0.2) is 9.37 Å². The van der Waals surface area contributed by atoms with E-state index < -0.39 is 0 Å². The van der Waals surface area contributed by atoms with Crippen LogP contribution in [0.3, 0.4) is 0 Å². The van der Waals surface area contributed by atoms with Gasteiger partial charge in [0.15, 0.2) is 0 Å². The zero-order valence-corrected chi connectivity index (χ0v) is 16.6. The Morgan fingerprint density at radius 3 is 2.32 bits per heavy atom. The maximum absolute atomic E-state index is 13.1. The average molecular weight is 399 g/mol. The highest BCUT2D eigenvalue weighted by Gasteiger charge is 2.10. The van der Waals surface area contributed by atoms with Crippen molar-refractivity contribution < 1.29 is 9.18 Å². The Labute approximate surface area is 168 Å².